The molecule has 0 atom stereocenters. The zero-order valence-corrected chi connectivity index (χ0v) is 6.48. The van der Waals surface area contributed by atoms with Crippen molar-refractivity contribution < 1.29 is 9.72 Å². The molecule has 1 aromatic heterocycles. The van der Waals surface area contributed by atoms with Gasteiger partial charge in [-0.1, -0.05) is 0 Å². The summed E-state index contributed by atoms with van der Waals surface area (Å²) < 4.78 is 0. The summed E-state index contributed by atoms with van der Waals surface area (Å²) in [7, 11) is 0. The van der Waals surface area contributed by atoms with Gasteiger partial charge in [0.05, 0.1) is 22.7 Å². The minimum Gasteiger partial charge on any atom is -0.324 e. The van der Waals surface area contributed by atoms with Crippen LogP contribution >= 0.6 is 0 Å². The quantitative estimate of drug-likeness (QED) is 0.502. The number of amides is 1. The van der Waals surface area contributed by atoms with E-state index < -0.39 is 4.92 Å². The van der Waals surface area contributed by atoms with E-state index in [9.17, 15) is 14.9 Å². The minimum absolute atomic E-state index is 0.110. The molecule has 1 aliphatic rings. The SMILES string of the molecule is O=C1Cc2ncc([N+](=O)[O-])cc2N1. The van der Waals surface area contributed by atoms with Crippen LogP contribution in [-0.4, -0.2) is 15.8 Å². The summed E-state index contributed by atoms with van der Waals surface area (Å²) in [5.74, 6) is -0.178. The molecule has 2 heterocycles. The number of hydrogen-bond acceptors (Lipinski definition) is 4. The Morgan fingerprint density at radius 1 is 1.62 bits per heavy atom. The highest BCUT2D eigenvalue weighted by Gasteiger charge is 2.21. The molecule has 0 radical (unpaired) electrons. The topological polar surface area (TPSA) is 85.1 Å². The van der Waals surface area contributed by atoms with E-state index >= 15 is 0 Å². The summed E-state index contributed by atoms with van der Waals surface area (Å²) in [5, 5.41) is 12.8. The van der Waals surface area contributed by atoms with Gasteiger partial charge >= 0.3 is 0 Å². The minimum atomic E-state index is -0.544. The highest BCUT2D eigenvalue weighted by Crippen LogP contribution is 2.24. The van der Waals surface area contributed by atoms with Gasteiger partial charge in [-0.2, -0.15) is 0 Å². The Hall–Kier alpha value is -1.98. The maximum absolute atomic E-state index is 10.9. The molecule has 0 aromatic carbocycles. The lowest BCUT2D eigenvalue weighted by Crippen LogP contribution is -2.03. The summed E-state index contributed by atoms with van der Waals surface area (Å²) in [6, 6.07) is 1.31. The molecule has 1 aliphatic heterocycles. The second kappa shape index (κ2) is 2.51. The molecule has 0 fully saturated rings. The number of carbonyl (C=O) groups excluding carboxylic acids is 1. The van der Waals surface area contributed by atoms with E-state index in [2.05, 4.69) is 10.3 Å². The number of carbonyl (C=O) groups is 1. The Bertz CT molecular complexity index is 402. The molecule has 0 unspecified atom stereocenters. The first-order chi connectivity index (χ1) is 6.16. The van der Waals surface area contributed by atoms with Crippen molar-refractivity contribution in [3.05, 3.63) is 28.1 Å². The maximum Gasteiger partial charge on any atom is 0.289 e. The first-order valence-corrected chi connectivity index (χ1v) is 3.60. The highest BCUT2D eigenvalue weighted by atomic mass is 16.6. The van der Waals surface area contributed by atoms with E-state index in [0.29, 0.717) is 11.4 Å². The Morgan fingerprint density at radius 2 is 2.38 bits per heavy atom. The van der Waals surface area contributed by atoms with Crippen LogP contribution in [0.5, 0.6) is 0 Å². The standard InChI is InChI=1S/C7H5N3O3/c11-7-2-5-6(9-7)1-4(3-8-5)10(12)13/h1,3H,2H2,(H,9,11). The highest BCUT2D eigenvalue weighted by molar-refractivity contribution is 5.98. The third kappa shape index (κ3) is 1.22. The lowest BCUT2D eigenvalue weighted by Gasteiger charge is -1.95. The normalized spacial score (nSPS) is 13.7. The molecule has 2 rings (SSSR count). The molecule has 0 aliphatic carbocycles. The van der Waals surface area contributed by atoms with Gasteiger partial charge in [0.2, 0.25) is 5.91 Å². The average molecular weight is 179 g/mol. The summed E-state index contributed by atoms with van der Waals surface area (Å²) in [4.78, 5) is 24.5. The zero-order valence-electron chi connectivity index (χ0n) is 6.48. The van der Waals surface area contributed by atoms with Crippen molar-refractivity contribution in [3.63, 3.8) is 0 Å². The number of rotatable bonds is 1. The monoisotopic (exact) mass is 179 g/mol. The van der Waals surface area contributed by atoms with Gasteiger partial charge in [-0.15, -0.1) is 0 Å². The van der Waals surface area contributed by atoms with Crippen molar-refractivity contribution in [2.75, 3.05) is 5.32 Å². The third-order valence-corrected chi connectivity index (χ3v) is 1.77. The van der Waals surface area contributed by atoms with Crippen LogP contribution in [0.4, 0.5) is 11.4 Å². The molecule has 6 heteroatoms. The van der Waals surface area contributed by atoms with Crippen LogP contribution in [0.25, 0.3) is 0 Å². The van der Waals surface area contributed by atoms with Gasteiger partial charge in [-0.05, 0) is 0 Å². The Balaban J connectivity index is 2.45. The van der Waals surface area contributed by atoms with Crippen LogP contribution in [0.2, 0.25) is 0 Å². The van der Waals surface area contributed by atoms with Crippen molar-refractivity contribution in [2.45, 2.75) is 6.42 Å². The van der Waals surface area contributed by atoms with Crippen LogP contribution in [0.1, 0.15) is 5.69 Å². The average Bonchev–Trinajstić information content (AvgIpc) is 2.42. The van der Waals surface area contributed by atoms with Crippen molar-refractivity contribution in [1.82, 2.24) is 4.98 Å². The number of nitrogens with zero attached hydrogens (tertiary/aromatic N) is 2. The number of hydrogen-bond donors (Lipinski definition) is 1. The predicted octanol–water partition coefficient (Wildman–Crippen LogP) is 0.484. The van der Waals surface area contributed by atoms with E-state index in [0.717, 1.165) is 6.20 Å². The first-order valence-electron chi connectivity index (χ1n) is 3.60. The van der Waals surface area contributed by atoms with Gasteiger partial charge < -0.3 is 5.32 Å². The van der Waals surface area contributed by atoms with Gasteiger partial charge in [0.25, 0.3) is 5.69 Å². The van der Waals surface area contributed by atoms with Crippen molar-refractivity contribution in [3.8, 4) is 0 Å². The van der Waals surface area contributed by atoms with Gasteiger partial charge in [0.1, 0.15) is 6.20 Å². The van der Waals surface area contributed by atoms with E-state index in [1.54, 1.807) is 0 Å². The maximum atomic E-state index is 10.9. The van der Waals surface area contributed by atoms with Gasteiger partial charge in [-0.25, -0.2) is 0 Å². The van der Waals surface area contributed by atoms with E-state index in [4.69, 9.17) is 0 Å². The number of anilines is 1. The molecule has 1 aromatic rings. The van der Waals surface area contributed by atoms with Gasteiger partial charge in [0, 0.05) is 6.07 Å². The summed E-state index contributed by atoms with van der Waals surface area (Å²) in [6.07, 6.45) is 1.35. The smallest absolute Gasteiger partial charge is 0.289 e. The predicted molar refractivity (Wildman–Crippen MR) is 43.2 cm³/mol. The summed E-state index contributed by atoms with van der Waals surface area (Å²) in [5.41, 5.74) is 0.899. The second-order valence-electron chi connectivity index (χ2n) is 2.67. The molecular weight excluding hydrogens is 174 g/mol. The fourth-order valence-electron chi connectivity index (χ4n) is 1.18. The summed E-state index contributed by atoms with van der Waals surface area (Å²) >= 11 is 0. The molecule has 0 saturated heterocycles. The van der Waals surface area contributed by atoms with Crippen LogP contribution in [0, 0.1) is 10.1 Å². The lowest BCUT2D eigenvalue weighted by atomic mass is 10.3. The van der Waals surface area contributed by atoms with Gasteiger partial charge in [-0.3, -0.25) is 19.9 Å². The fraction of sp³-hybridized carbons (Fsp3) is 0.143. The summed E-state index contributed by atoms with van der Waals surface area (Å²) in [6.45, 7) is 0. The first kappa shape index (κ1) is 7.66. The Kier molecular flexibility index (Phi) is 1.48. The molecular formula is C7H5N3O3. The van der Waals surface area contributed by atoms with Crippen molar-refractivity contribution >= 4 is 17.3 Å². The van der Waals surface area contributed by atoms with E-state index in [1.807, 2.05) is 0 Å². The number of fused-ring (bicyclic) bond motifs is 1. The van der Waals surface area contributed by atoms with Gasteiger partial charge in [0.15, 0.2) is 0 Å². The Labute approximate surface area is 72.7 Å². The molecule has 0 bridgehead atoms. The molecule has 6 nitrogen and oxygen atoms in total. The molecule has 66 valence electrons. The van der Waals surface area contributed by atoms with Crippen molar-refractivity contribution in [2.24, 2.45) is 0 Å². The zero-order chi connectivity index (χ0) is 9.42. The Morgan fingerprint density at radius 3 is 3.08 bits per heavy atom. The number of aromatic nitrogens is 1. The number of nitrogens with one attached hydrogen (secondary N) is 1. The largest absolute Gasteiger partial charge is 0.324 e. The van der Waals surface area contributed by atoms with Crippen LogP contribution in [0.3, 0.4) is 0 Å². The molecule has 0 saturated carbocycles. The molecule has 1 amide bonds. The molecule has 0 spiro atoms. The van der Waals surface area contributed by atoms with Crippen LogP contribution in [0.15, 0.2) is 12.3 Å². The van der Waals surface area contributed by atoms with Crippen LogP contribution < -0.4 is 5.32 Å². The van der Waals surface area contributed by atoms with E-state index in [1.165, 1.54) is 6.07 Å². The second-order valence-corrected chi connectivity index (χ2v) is 2.67. The van der Waals surface area contributed by atoms with Crippen LogP contribution in [-0.2, 0) is 11.2 Å². The third-order valence-electron chi connectivity index (χ3n) is 1.77. The molecule has 1 N–H and O–H groups in total. The lowest BCUT2D eigenvalue weighted by molar-refractivity contribution is -0.385. The van der Waals surface area contributed by atoms with Crippen molar-refractivity contribution in [1.29, 1.82) is 0 Å². The number of nitro groups is 1. The molecule has 13 heavy (non-hydrogen) atoms. The number of pyridine rings is 1. The van der Waals surface area contributed by atoms with E-state index in [-0.39, 0.29) is 18.0 Å². The fourth-order valence-corrected chi connectivity index (χ4v) is 1.18.